The van der Waals surface area contributed by atoms with Crippen LogP contribution in [0.1, 0.15) is 16.8 Å². The summed E-state index contributed by atoms with van der Waals surface area (Å²) in [6.45, 7) is 1.70. The van der Waals surface area contributed by atoms with E-state index in [1.54, 1.807) is 20.3 Å². The second kappa shape index (κ2) is 7.92. The molecule has 1 aliphatic heterocycles. The van der Waals surface area contributed by atoms with E-state index in [9.17, 15) is 4.79 Å². The molecule has 2 aromatic rings. The molecule has 7 nitrogen and oxygen atoms in total. The van der Waals surface area contributed by atoms with Crippen molar-refractivity contribution in [1.82, 2.24) is 4.98 Å². The van der Waals surface area contributed by atoms with Gasteiger partial charge in [-0.3, -0.25) is 4.79 Å². The number of hydrogen-bond donors (Lipinski definition) is 1. The highest BCUT2D eigenvalue weighted by atomic mass is 35.5. The number of anilines is 2. The molecular weight excluding hydrogens is 368 g/mol. The molecule has 0 bridgehead atoms. The molecule has 0 saturated carbocycles. The number of aromatic nitrogens is 1. The molecule has 1 aromatic carbocycles. The number of ether oxygens (including phenoxy) is 2. The van der Waals surface area contributed by atoms with Gasteiger partial charge >= 0.3 is 0 Å². The molecule has 1 amide bonds. The molecule has 3 rings (SSSR count). The lowest BCUT2D eigenvalue weighted by Gasteiger charge is -2.27. The van der Waals surface area contributed by atoms with Crippen molar-refractivity contribution < 1.29 is 14.3 Å². The molecule has 1 fully saturated rings. The number of carbonyl (C=O) groups excluding carboxylic acids is 1. The fourth-order valence-corrected chi connectivity index (χ4v) is 3.57. The summed E-state index contributed by atoms with van der Waals surface area (Å²) in [6.07, 6.45) is 2.41. The van der Waals surface area contributed by atoms with Crippen LogP contribution < -0.4 is 25.0 Å². The van der Waals surface area contributed by atoms with Gasteiger partial charge in [-0.05, 0) is 12.5 Å². The number of pyridine rings is 1. The third-order valence-electron chi connectivity index (χ3n) is 4.85. The number of methoxy groups -OCH3 is 2. The van der Waals surface area contributed by atoms with Crippen molar-refractivity contribution in [3.63, 3.8) is 0 Å². The lowest BCUT2D eigenvalue weighted by Crippen LogP contribution is -2.35. The fraction of sp³-hybridized carbons (Fsp3) is 0.368. The van der Waals surface area contributed by atoms with E-state index in [2.05, 4.69) is 9.88 Å². The van der Waals surface area contributed by atoms with Gasteiger partial charge in [0.2, 0.25) is 5.91 Å². The molecule has 0 radical (unpaired) electrons. The van der Waals surface area contributed by atoms with E-state index in [-0.39, 0.29) is 6.04 Å². The minimum absolute atomic E-state index is 0.228. The number of carbonyl (C=O) groups is 1. The van der Waals surface area contributed by atoms with Crippen LogP contribution in [0.5, 0.6) is 11.5 Å². The SMILES string of the molecule is COc1cc(OC)cc(N2CC[C@H](N(C)c3ncc(C(N)=O)cc3Cl)C2)c1. The Kier molecular flexibility index (Phi) is 5.60. The summed E-state index contributed by atoms with van der Waals surface area (Å²) >= 11 is 6.32. The summed E-state index contributed by atoms with van der Waals surface area (Å²) in [6, 6.07) is 7.64. The first-order valence-electron chi connectivity index (χ1n) is 8.59. The van der Waals surface area contributed by atoms with Crippen LogP contribution in [-0.4, -0.2) is 51.3 Å². The van der Waals surface area contributed by atoms with Gasteiger partial charge in [-0.25, -0.2) is 4.98 Å². The topological polar surface area (TPSA) is 80.9 Å². The van der Waals surface area contributed by atoms with E-state index >= 15 is 0 Å². The van der Waals surface area contributed by atoms with Gasteiger partial charge in [0.05, 0.1) is 24.8 Å². The molecule has 1 saturated heterocycles. The van der Waals surface area contributed by atoms with Gasteiger partial charge in [0.25, 0.3) is 0 Å². The quantitative estimate of drug-likeness (QED) is 0.816. The average Bonchev–Trinajstić information content (AvgIpc) is 3.17. The van der Waals surface area contributed by atoms with E-state index in [1.807, 2.05) is 30.1 Å². The van der Waals surface area contributed by atoms with Gasteiger partial charge < -0.3 is 25.0 Å². The number of likely N-dealkylation sites (N-methyl/N-ethyl adjacent to an activating group) is 1. The number of nitrogens with zero attached hydrogens (tertiary/aromatic N) is 3. The number of halogens is 1. The molecule has 2 heterocycles. The monoisotopic (exact) mass is 390 g/mol. The predicted octanol–water partition coefficient (Wildman–Crippen LogP) is 2.57. The largest absolute Gasteiger partial charge is 0.497 e. The van der Waals surface area contributed by atoms with E-state index in [1.165, 1.54) is 6.20 Å². The number of rotatable bonds is 6. The molecule has 0 aliphatic carbocycles. The zero-order valence-electron chi connectivity index (χ0n) is 15.6. The summed E-state index contributed by atoms with van der Waals surface area (Å²) in [5, 5.41) is 0.412. The third kappa shape index (κ3) is 4.03. The zero-order chi connectivity index (χ0) is 19.6. The number of nitrogens with two attached hydrogens (primary N) is 1. The fourth-order valence-electron chi connectivity index (χ4n) is 3.27. The highest BCUT2D eigenvalue weighted by molar-refractivity contribution is 6.33. The Morgan fingerprint density at radius 1 is 1.26 bits per heavy atom. The van der Waals surface area contributed by atoms with E-state index in [4.69, 9.17) is 26.8 Å². The van der Waals surface area contributed by atoms with Crippen LogP contribution in [-0.2, 0) is 0 Å². The van der Waals surface area contributed by atoms with Crippen molar-refractivity contribution in [2.45, 2.75) is 12.5 Å². The minimum Gasteiger partial charge on any atom is -0.497 e. The lowest BCUT2D eigenvalue weighted by atomic mass is 10.2. The summed E-state index contributed by atoms with van der Waals surface area (Å²) in [7, 11) is 5.24. The van der Waals surface area contributed by atoms with Crippen LogP contribution in [0.4, 0.5) is 11.5 Å². The second-order valence-corrected chi connectivity index (χ2v) is 6.87. The van der Waals surface area contributed by atoms with Crippen molar-refractivity contribution in [1.29, 1.82) is 0 Å². The Labute approximate surface area is 163 Å². The van der Waals surface area contributed by atoms with Gasteiger partial charge in [-0.2, -0.15) is 0 Å². The molecule has 1 aromatic heterocycles. The molecule has 1 aliphatic rings. The molecule has 1 atom stereocenters. The van der Waals surface area contributed by atoms with Crippen molar-refractivity contribution in [2.24, 2.45) is 5.73 Å². The number of benzene rings is 1. The number of hydrogen-bond acceptors (Lipinski definition) is 6. The summed E-state index contributed by atoms with van der Waals surface area (Å²) < 4.78 is 10.7. The average molecular weight is 391 g/mol. The molecule has 8 heteroatoms. The minimum atomic E-state index is -0.544. The van der Waals surface area contributed by atoms with Crippen LogP contribution in [0.3, 0.4) is 0 Å². The highest BCUT2D eigenvalue weighted by Gasteiger charge is 2.28. The first kappa shape index (κ1) is 19.1. The van der Waals surface area contributed by atoms with Crippen LogP contribution >= 0.6 is 11.6 Å². The van der Waals surface area contributed by atoms with Gasteiger partial charge in [0.15, 0.2) is 0 Å². The first-order valence-corrected chi connectivity index (χ1v) is 8.97. The smallest absolute Gasteiger partial charge is 0.250 e. The molecule has 144 valence electrons. The predicted molar refractivity (Wildman–Crippen MR) is 106 cm³/mol. The third-order valence-corrected chi connectivity index (χ3v) is 5.13. The van der Waals surface area contributed by atoms with Gasteiger partial charge in [0.1, 0.15) is 17.3 Å². The van der Waals surface area contributed by atoms with Crippen molar-refractivity contribution >= 4 is 29.0 Å². The Morgan fingerprint density at radius 2 is 1.93 bits per heavy atom. The Morgan fingerprint density at radius 3 is 2.48 bits per heavy atom. The molecule has 2 N–H and O–H groups in total. The van der Waals surface area contributed by atoms with Crippen molar-refractivity contribution in [3.05, 3.63) is 41.0 Å². The van der Waals surface area contributed by atoms with Crippen LogP contribution in [0, 0.1) is 0 Å². The highest BCUT2D eigenvalue weighted by Crippen LogP contribution is 2.33. The normalized spacial score (nSPS) is 16.3. The Hall–Kier alpha value is -2.67. The number of primary amides is 1. The maximum absolute atomic E-state index is 11.3. The molecule has 27 heavy (non-hydrogen) atoms. The summed E-state index contributed by atoms with van der Waals surface area (Å²) in [4.78, 5) is 19.9. The summed E-state index contributed by atoms with van der Waals surface area (Å²) in [5.41, 5.74) is 6.63. The van der Waals surface area contributed by atoms with Crippen molar-refractivity contribution in [3.8, 4) is 11.5 Å². The van der Waals surface area contributed by atoms with E-state index < -0.39 is 5.91 Å². The maximum atomic E-state index is 11.3. The maximum Gasteiger partial charge on any atom is 0.250 e. The Bertz CT molecular complexity index is 823. The first-order chi connectivity index (χ1) is 12.9. The van der Waals surface area contributed by atoms with Crippen LogP contribution in [0.2, 0.25) is 5.02 Å². The Balaban J connectivity index is 1.77. The van der Waals surface area contributed by atoms with Gasteiger partial charge in [0, 0.05) is 56.3 Å². The molecule has 0 unspecified atom stereocenters. The van der Waals surface area contributed by atoms with Crippen LogP contribution in [0.15, 0.2) is 30.5 Å². The van der Waals surface area contributed by atoms with E-state index in [0.29, 0.717) is 16.4 Å². The van der Waals surface area contributed by atoms with Gasteiger partial charge in [-0.1, -0.05) is 11.6 Å². The second-order valence-electron chi connectivity index (χ2n) is 6.46. The molecule has 0 spiro atoms. The number of amides is 1. The van der Waals surface area contributed by atoms with Crippen molar-refractivity contribution in [2.75, 3.05) is 44.2 Å². The molecular formula is C19H23ClN4O3. The standard InChI is InChI=1S/C19H23ClN4O3/c1-23(19-17(20)6-12(10-22-19)18(21)25)13-4-5-24(11-13)14-7-15(26-2)9-16(8-14)27-3/h6-10,13H,4-5,11H2,1-3H3,(H2,21,25)/t13-/m0/s1. The lowest BCUT2D eigenvalue weighted by molar-refractivity contribution is 0.1000. The van der Waals surface area contributed by atoms with Gasteiger partial charge in [-0.15, -0.1) is 0 Å². The van der Waals surface area contributed by atoms with E-state index in [0.717, 1.165) is 36.7 Å². The van der Waals surface area contributed by atoms with Crippen LogP contribution in [0.25, 0.3) is 0 Å². The zero-order valence-corrected chi connectivity index (χ0v) is 16.4. The summed E-state index contributed by atoms with van der Waals surface area (Å²) in [5.74, 6) is 1.61.